The average molecular weight is 313 g/mol. The van der Waals surface area contributed by atoms with Crippen LogP contribution < -0.4 is 10.0 Å². The molecule has 0 fully saturated rings. The van der Waals surface area contributed by atoms with Gasteiger partial charge < -0.3 is 5.32 Å². The van der Waals surface area contributed by atoms with E-state index in [1.807, 2.05) is 4.72 Å². The van der Waals surface area contributed by atoms with E-state index in [4.69, 9.17) is 0 Å². The molecule has 0 aliphatic heterocycles. The number of rotatable bonds is 5. The minimum absolute atomic E-state index is 0.254. The molecule has 0 unspecified atom stereocenters. The van der Waals surface area contributed by atoms with Crippen molar-refractivity contribution in [1.82, 2.24) is 4.98 Å². The molecule has 0 amide bonds. The van der Waals surface area contributed by atoms with Crippen LogP contribution in [0.1, 0.15) is 6.92 Å². The summed E-state index contributed by atoms with van der Waals surface area (Å²) in [6, 6.07) is 6.14. The molecule has 2 aromatic rings. The average Bonchev–Trinajstić information content (AvgIpc) is 2.44. The Kier molecular flexibility index (Phi) is 4.37. The summed E-state index contributed by atoms with van der Waals surface area (Å²) in [6.45, 7) is 2.26. The Bertz CT molecular complexity index is 731. The molecule has 8 heteroatoms. The number of hydrogen-bond acceptors (Lipinski definition) is 4. The van der Waals surface area contributed by atoms with Crippen LogP contribution >= 0.6 is 0 Å². The Morgan fingerprint density at radius 2 is 1.81 bits per heavy atom. The molecule has 0 spiro atoms. The number of sulfonamides is 1. The van der Waals surface area contributed by atoms with E-state index in [1.165, 1.54) is 12.3 Å². The highest BCUT2D eigenvalue weighted by atomic mass is 32.2. The minimum atomic E-state index is -4.21. The van der Waals surface area contributed by atoms with Gasteiger partial charge >= 0.3 is 0 Å². The smallest absolute Gasteiger partial charge is 0.281 e. The van der Waals surface area contributed by atoms with Gasteiger partial charge in [-0.1, -0.05) is 6.07 Å². The van der Waals surface area contributed by atoms with E-state index in [0.717, 1.165) is 18.2 Å². The molecule has 1 heterocycles. The van der Waals surface area contributed by atoms with Gasteiger partial charge in [-0.2, -0.15) is 8.42 Å². The maximum Gasteiger partial charge on any atom is 0.281 e. The molecule has 0 saturated carbocycles. The lowest BCUT2D eigenvalue weighted by Crippen LogP contribution is -2.18. The number of nitrogens with one attached hydrogen (secondary N) is 2. The van der Waals surface area contributed by atoms with Crippen LogP contribution in [-0.4, -0.2) is 19.9 Å². The summed E-state index contributed by atoms with van der Waals surface area (Å²) < 4.78 is 53.5. The third-order valence-electron chi connectivity index (χ3n) is 2.59. The van der Waals surface area contributed by atoms with Gasteiger partial charge in [0.25, 0.3) is 10.0 Å². The zero-order valence-electron chi connectivity index (χ0n) is 11.1. The molecule has 0 aliphatic carbocycles. The Labute approximate surface area is 121 Å². The van der Waals surface area contributed by atoms with Crippen LogP contribution in [0, 0.1) is 11.6 Å². The maximum atomic E-state index is 13.5. The van der Waals surface area contributed by atoms with Crippen LogP contribution in [-0.2, 0) is 10.0 Å². The van der Waals surface area contributed by atoms with Crippen LogP contribution in [0.3, 0.4) is 0 Å². The highest BCUT2D eigenvalue weighted by Crippen LogP contribution is 2.24. The molecule has 1 aromatic heterocycles. The Hall–Kier alpha value is -2.22. The van der Waals surface area contributed by atoms with Crippen LogP contribution in [0.15, 0.2) is 41.6 Å². The van der Waals surface area contributed by atoms with Crippen LogP contribution in [0.4, 0.5) is 20.2 Å². The standard InChI is InChI=1S/C13H13F2N3O2S/c1-2-16-11-7-4-8-17-13(11)21(19,20)18-12-9(14)5-3-6-10(12)15/h3-8,16,18H,2H2,1H3. The Morgan fingerprint density at radius 3 is 2.43 bits per heavy atom. The van der Waals surface area contributed by atoms with E-state index in [-0.39, 0.29) is 10.7 Å². The first kappa shape index (κ1) is 15.2. The van der Waals surface area contributed by atoms with Crippen molar-refractivity contribution in [3.63, 3.8) is 0 Å². The lowest BCUT2D eigenvalue weighted by Gasteiger charge is -2.12. The summed E-state index contributed by atoms with van der Waals surface area (Å²) in [5.41, 5.74) is -0.477. The van der Waals surface area contributed by atoms with Crippen molar-refractivity contribution in [1.29, 1.82) is 0 Å². The number of halogens is 2. The summed E-state index contributed by atoms with van der Waals surface area (Å²) in [5, 5.41) is 2.50. The van der Waals surface area contributed by atoms with E-state index in [1.54, 1.807) is 13.0 Å². The van der Waals surface area contributed by atoms with Crippen LogP contribution in [0.5, 0.6) is 0 Å². The summed E-state index contributed by atoms with van der Waals surface area (Å²) in [7, 11) is -4.21. The SMILES string of the molecule is CCNc1cccnc1S(=O)(=O)Nc1c(F)cccc1F. The predicted octanol–water partition coefficient (Wildman–Crippen LogP) is 2.59. The molecule has 0 saturated heterocycles. The second-order valence-corrected chi connectivity index (χ2v) is 5.69. The predicted molar refractivity (Wildman–Crippen MR) is 75.6 cm³/mol. The number of aromatic nitrogens is 1. The van der Waals surface area contributed by atoms with Gasteiger partial charge in [0.05, 0.1) is 5.69 Å². The molecule has 0 atom stereocenters. The highest BCUT2D eigenvalue weighted by molar-refractivity contribution is 7.92. The van der Waals surface area contributed by atoms with E-state index in [2.05, 4.69) is 10.3 Å². The van der Waals surface area contributed by atoms with Crippen molar-refractivity contribution in [2.24, 2.45) is 0 Å². The summed E-state index contributed by atoms with van der Waals surface area (Å²) in [5.74, 6) is -2.00. The molecule has 5 nitrogen and oxygen atoms in total. The number of nitrogens with zero attached hydrogens (tertiary/aromatic N) is 1. The fourth-order valence-electron chi connectivity index (χ4n) is 1.71. The quantitative estimate of drug-likeness (QED) is 0.890. The van der Waals surface area contributed by atoms with Gasteiger partial charge in [-0.3, -0.25) is 4.72 Å². The highest BCUT2D eigenvalue weighted by Gasteiger charge is 2.23. The largest absolute Gasteiger partial charge is 0.383 e. The summed E-state index contributed by atoms with van der Waals surface area (Å²) >= 11 is 0. The zero-order valence-corrected chi connectivity index (χ0v) is 11.9. The Morgan fingerprint density at radius 1 is 1.14 bits per heavy atom. The second kappa shape index (κ2) is 6.04. The molecule has 0 radical (unpaired) electrons. The number of hydrogen-bond donors (Lipinski definition) is 2. The van der Waals surface area contributed by atoms with Gasteiger partial charge in [-0.05, 0) is 31.2 Å². The number of pyridine rings is 1. The van der Waals surface area contributed by atoms with Crippen molar-refractivity contribution < 1.29 is 17.2 Å². The van der Waals surface area contributed by atoms with Crippen molar-refractivity contribution in [3.05, 3.63) is 48.2 Å². The molecule has 0 bridgehead atoms. The van der Waals surface area contributed by atoms with Gasteiger partial charge in [0, 0.05) is 12.7 Å². The van der Waals surface area contributed by atoms with E-state index in [9.17, 15) is 17.2 Å². The molecule has 0 aliphatic rings. The van der Waals surface area contributed by atoms with E-state index in [0.29, 0.717) is 6.54 Å². The first-order valence-corrected chi connectivity index (χ1v) is 7.59. The lowest BCUT2D eigenvalue weighted by atomic mass is 10.3. The van der Waals surface area contributed by atoms with Crippen molar-refractivity contribution in [3.8, 4) is 0 Å². The van der Waals surface area contributed by atoms with E-state index < -0.39 is 27.3 Å². The van der Waals surface area contributed by atoms with Crippen LogP contribution in [0.2, 0.25) is 0 Å². The molecule has 2 rings (SSSR count). The molecule has 1 aromatic carbocycles. The Balaban J connectivity index is 2.44. The third-order valence-corrected chi connectivity index (χ3v) is 3.90. The minimum Gasteiger partial charge on any atom is -0.383 e. The fraction of sp³-hybridized carbons (Fsp3) is 0.154. The molecular formula is C13H13F2N3O2S. The van der Waals surface area contributed by atoms with Gasteiger partial charge in [0.1, 0.15) is 17.3 Å². The van der Waals surface area contributed by atoms with Gasteiger partial charge in [0.2, 0.25) is 0 Å². The third kappa shape index (κ3) is 3.27. The molecular weight excluding hydrogens is 300 g/mol. The topological polar surface area (TPSA) is 71.1 Å². The maximum absolute atomic E-state index is 13.5. The molecule has 21 heavy (non-hydrogen) atoms. The van der Waals surface area contributed by atoms with Crippen LogP contribution in [0.25, 0.3) is 0 Å². The first-order chi connectivity index (χ1) is 9.95. The molecule has 112 valence electrons. The van der Waals surface area contributed by atoms with Crippen molar-refractivity contribution >= 4 is 21.4 Å². The summed E-state index contributed by atoms with van der Waals surface area (Å²) in [4.78, 5) is 3.77. The van der Waals surface area contributed by atoms with Gasteiger partial charge in [-0.15, -0.1) is 0 Å². The number of anilines is 2. The first-order valence-electron chi connectivity index (χ1n) is 6.11. The summed E-state index contributed by atoms with van der Waals surface area (Å²) in [6.07, 6.45) is 1.28. The molecule has 2 N–H and O–H groups in total. The number of para-hydroxylation sites is 1. The monoisotopic (exact) mass is 313 g/mol. The van der Waals surface area contributed by atoms with Gasteiger partial charge in [0.15, 0.2) is 5.03 Å². The van der Waals surface area contributed by atoms with Gasteiger partial charge in [-0.25, -0.2) is 13.8 Å². The number of benzene rings is 1. The zero-order chi connectivity index (χ0) is 15.5. The normalized spacial score (nSPS) is 11.2. The van der Waals surface area contributed by atoms with E-state index >= 15 is 0 Å². The second-order valence-electron chi connectivity index (χ2n) is 4.09. The lowest BCUT2D eigenvalue weighted by molar-refractivity contribution is 0.581. The fourth-order valence-corrected chi connectivity index (χ4v) is 2.90. The van der Waals surface area contributed by atoms with Crippen molar-refractivity contribution in [2.45, 2.75) is 11.9 Å². The van der Waals surface area contributed by atoms with Crippen molar-refractivity contribution in [2.75, 3.05) is 16.6 Å².